The smallest absolute Gasteiger partial charge is 0.408 e. The second-order valence-corrected chi connectivity index (χ2v) is 11.2. The average Bonchev–Trinajstić information content (AvgIpc) is 3.70. The van der Waals surface area contributed by atoms with E-state index in [4.69, 9.17) is 30.8 Å². The number of likely N-dealkylation sites (N-methyl/N-ethyl adjacent to an activating group) is 1. The molecule has 11 heteroatoms. The molecule has 2 aromatic carbocycles. The molecule has 0 radical (unpaired) electrons. The van der Waals surface area contributed by atoms with E-state index >= 15 is 0 Å². The van der Waals surface area contributed by atoms with Crippen LogP contribution in [0.5, 0.6) is 11.5 Å². The van der Waals surface area contributed by atoms with Crippen LogP contribution in [0, 0.1) is 0 Å². The first kappa shape index (κ1) is 30.4. The summed E-state index contributed by atoms with van der Waals surface area (Å²) in [6.07, 6.45) is 3.07. The molecule has 2 heterocycles. The second kappa shape index (κ2) is 13.5. The predicted octanol–water partition coefficient (Wildman–Crippen LogP) is 5.11. The van der Waals surface area contributed by atoms with Crippen molar-refractivity contribution in [3.05, 3.63) is 53.6 Å². The van der Waals surface area contributed by atoms with E-state index in [1.807, 2.05) is 49.4 Å². The number of nitrogens with zero attached hydrogens (tertiary/aromatic N) is 2. The zero-order chi connectivity index (χ0) is 30.5. The van der Waals surface area contributed by atoms with Crippen molar-refractivity contribution in [1.82, 2.24) is 20.5 Å². The number of methoxy groups -OCH3 is 1. The van der Waals surface area contributed by atoms with Gasteiger partial charge in [0.05, 0.1) is 24.9 Å². The number of ether oxygens (including phenoxy) is 3. The Hall–Kier alpha value is -4.05. The number of hydrogen-bond acceptors (Lipinski definition) is 7. The summed E-state index contributed by atoms with van der Waals surface area (Å²) in [5.74, 6) is 0.344. The van der Waals surface area contributed by atoms with Crippen molar-refractivity contribution in [3.63, 3.8) is 0 Å². The molecule has 228 valence electrons. The number of likely N-dealkylation sites (tertiary alicyclic amines) is 1. The van der Waals surface area contributed by atoms with Crippen LogP contribution in [-0.4, -0.2) is 72.8 Å². The number of rotatable bonds is 9. The first-order chi connectivity index (χ1) is 20.8. The van der Waals surface area contributed by atoms with Crippen molar-refractivity contribution in [1.29, 1.82) is 0 Å². The Morgan fingerprint density at radius 2 is 1.81 bits per heavy atom. The number of carbonyl (C=O) groups is 3. The Balaban J connectivity index is 1.41. The molecular weight excluding hydrogens is 572 g/mol. The van der Waals surface area contributed by atoms with E-state index in [0.29, 0.717) is 39.5 Å². The van der Waals surface area contributed by atoms with Crippen LogP contribution in [0.1, 0.15) is 45.4 Å². The number of carbonyl (C=O) groups excluding carboxylic acids is 3. The van der Waals surface area contributed by atoms with Crippen molar-refractivity contribution < 1.29 is 28.6 Å². The minimum absolute atomic E-state index is 0.125. The number of benzene rings is 2. The molecule has 0 spiro atoms. The van der Waals surface area contributed by atoms with Crippen molar-refractivity contribution in [2.75, 3.05) is 20.7 Å². The molecular formula is C32H37ClN4O6. The third-order valence-corrected chi connectivity index (χ3v) is 8.46. The third kappa shape index (κ3) is 6.64. The van der Waals surface area contributed by atoms with Crippen molar-refractivity contribution in [2.24, 2.45) is 0 Å². The Labute approximate surface area is 256 Å². The van der Waals surface area contributed by atoms with Crippen molar-refractivity contribution >= 4 is 40.4 Å². The maximum atomic E-state index is 13.7. The lowest BCUT2D eigenvalue weighted by atomic mass is 10.1. The van der Waals surface area contributed by atoms with E-state index in [2.05, 4.69) is 10.6 Å². The summed E-state index contributed by atoms with van der Waals surface area (Å²) in [5, 5.41) is 6.41. The molecule has 0 bridgehead atoms. The summed E-state index contributed by atoms with van der Waals surface area (Å²) in [6, 6.07) is 13.5. The summed E-state index contributed by atoms with van der Waals surface area (Å²) in [4.78, 5) is 45.5. The fourth-order valence-electron chi connectivity index (χ4n) is 5.81. The normalized spacial score (nSPS) is 19.2. The Morgan fingerprint density at radius 3 is 2.49 bits per heavy atom. The van der Waals surface area contributed by atoms with E-state index in [-0.39, 0.29) is 30.9 Å². The largest absolute Gasteiger partial charge is 0.495 e. The van der Waals surface area contributed by atoms with Crippen molar-refractivity contribution in [2.45, 2.75) is 69.7 Å². The summed E-state index contributed by atoms with van der Waals surface area (Å²) >= 11 is 6.69. The molecule has 3 aromatic rings. The van der Waals surface area contributed by atoms with Gasteiger partial charge in [0.1, 0.15) is 40.8 Å². The fourth-order valence-corrected chi connectivity index (χ4v) is 6.10. The molecule has 2 fully saturated rings. The highest BCUT2D eigenvalue weighted by atomic mass is 35.5. The van der Waals surface area contributed by atoms with Crippen LogP contribution in [0.2, 0.25) is 5.02 Å². The van der Waals surface area contributed by atoms with Crippen LogP contribution in [0.4, 0.5) is 4.79 Å². The first-order valence-corrected chi connectivity index (χ1v) is 15.1. The molecule has 1 saturated heterocycles. The number of alkyl carbamates (subject to hydrolysis) is 1. The van der Waals surface area contributed by atoms with Gasteiger partial charge < -0.3 is 29.7 Å². The van der Waals surface area contributed by atoms with Crippen LogP contribution in [0.25, 0.3) is 22.2 Å². The highest BCUT2D eigenvalue weighted by molar-refractivity contribution is 6.36. The molecule has 1 aliphatic heterocycles. The highest BCUT2D eigenvalue weighted by Crippen LogP contribution is 2.39. The number of amides is 3. The molecule has 43 heavy (non-hydrogen) atoms. The van der Waals surface area contributed by atoms with Gasteiger partial charge in [0.25, 0.3) is 0 Å². The van der Waals surface area contributed by atoms with Crippen LogP contribution in [0.15, 0.2) is 48.5 Å². The molecule has 1 aromatic heterocycles. The van der Waals surface area contributed by atoms with Gasteiger partial charge in [0, 0.05) is 30.5 Å². The molecule has 3 amide bonds. The molecule has 2 N–H and O–H groups in total. The van der Waals surface area contributed by atoms with Crippen LogP contribution in [-0.2, 0) is 14.3 Å². The molecule has 1 aliphatic carbocycles. The number of aromatic nitrogens is 1. The predicted molar refractivity (Wildman–Crippen MR) is 163 cm³/mol. The van der Waals surface area contributed by atoms with Crippen LogP contribution in [0.3, 0.4) is 0 Å². The summed E-state index contributed by atoms with van der Waals surface area (Å²) in [6.45, 7) is 1.96. The summed E-state index contributed by atoms with van der Waals surface area (Å²) in [7, 11) is 3.08. The van der Waals surface area contributed by atoms with Crippen molar-refractivity contribution in [3.8, 4) is 22.8 Å². The summed E-state index contributed by atoms with van der Waals surface area (Å²) < 4.78 is 17.5. The minimum atomic E-state index is -0.836. The van der Waals surface area contributed by atoms with Gasteiger partial charge in [-0.25, -0.2) is 9.78 Å². The zero-order valence-electron chi connectivity index (χ0n) is 24.6. The molecule has 0 unspecified atom stereocenters. The minimum Gasteiger partial charge on any atom is -0.495 e. The van der Waals surface area contributed by atoms with Gasteiger partial charge in [-0.05, 0) is 44.2 Å². The quantitative estimate of drug-likeness (QED) is 0.347. The fraction of sp³-hybridized carbons (Fsp3) is 0.438. The highest BCUT2D eigenvalue weighted by Gasteiger charge is 2.43. The topological polar surface area (TPSA) is 119 Å². The van der Waals surface area contributed by atoms with Gasteiger partial charge >= 0.3 is 6.09 Å². The Kier molecular flexibility index (Phi) is 9.55. The molecule has 2 aliphatic rings. The van der Waals surface area contributed by atoms with Gasteiger partial charge in [-0.15, -0.1) is 0 Å². The Morgan fingerprint density at radius 1 is 1.07 bits per heavy atom. The lowest BCUT2D eigenvalue weighted by Gasteiger charge is -2.27. The number of pyridine rings is 1. The lowest BCUT2D eigenvalue weighted by molar-refractivity contribution is -0.139. The molecule has 5 rings (SSSR count). The van der Waals surface area contributed by atoms with Crippen LogP contribution < -0.4 is 20.1 Å². The van der Waals surface area contributed by atoms with E-state index in [1.54, 1.807) is 13.2 Å². The maximum absolute atomic E-state index is 13.7. The van der Waals surface area contributed by atoms with Gasteiger partial charge in [0.2, 0.25) is 11.8 Å². The molecule has 10 nitrogen and oxygen atoms in total. The number of hydrogen-bond donors (Lipinski definition) is 2. The molecule has 3 atom stereocenters. The molecule has 1 saturated carbocycles. The zero-order valence-corrected chi connectivity index (χ0v) is 25.4. The average molecular weight is 609 g/mol. The number of fused-ring (bicyclic) bond motifs is 1. The van der Waals surface area contributed by atoms with Gasteiger partial charge in [-0.1, -0.05) is 48.9 Å². The lowest BCUT2D eigenvalue weighted by Crippen LogP contribution is -2.53. The standard InChI is InChI=1S/C32H37ClN4O6/c1-4-23(36-32(40)43-20-12-8-9-13-20)31(39)37-18-21(16-25(37)30(38)34-2)42-27-17-24(19-10-6-5-7-11-19)35-29-22(27)14-15-26(41-3)28(29)33/h5-7,10-11,14-15,17,20-21,23,25H,4,8-9,12-13,16,18H2,1-3H3,(H,34,38)(H,36,40)/t21-,23+,25+/m1/s1. The van der Waals surface area contributed by atoms with E-state index in [0.717, 1.165) is 31.2 Å². The van der Waals surface area contributed by atoms with Gasteiger partial charge in [0.15, 0.2) is 0 Å². The van der Waals surface area contributed by atoms with E-state index < -0.39 is 24.3 Å². The summed E-state index contributed by atoms with van der Waals surface area (Å²) in [5.41, 5.74) is 2.05. The second-order valence-electron chi connectivity index (χ2n) is 10.9. The monoisotopic (exact) mass is 608 g/mol. The van der Waals surface area contributed by atoms with E-state index in [1.165, 1.54) is 11.9 Å². The maximum Gasteiger partial charge on any atom is 0.408 e. The number of halogens is 1. The van der Waals surface area contributed by atoms with Gasteiger partial charge in [-0.3, -0.25) is 9.59 Å². The number of nitrogens with one attached hydrogen (secondary N) is 2. The SMILES string of the molecule is CC[C@H](NC(=O)OC1CCCC1)C(=O)N1C[C@H](Oc2cc(-c3ccccc3)nc3c(Cl)c(OC)ccc23)C[C@H]1C(=O)NC. The van der Waals surface area contributed by atoms with E-state index in [9.17, 15) is 14.4 Å². The van der Waals surface area contributed by atoms with Crippen LogP contribution >= 0.6 is 11.6 Å². The van der Waals surface area contributed by atoms with Gasteiger partial charge in [-0.2, -0.15) is 0 Å². The Bertz CT molecular complexity index is 1480. The first-order valence-electron chi connectivity index (χ1n) is 14.7. The third-order valence-electron chi connectivity index (χ3n) is 8.10.